The van der Waals surface area contributed by atoms with Gasteiger partial charge in [-0.15, -0.1) is 0 Å². The summed E-state index contributed by atoms with van der Waals surface area (Å²) in [6, 6.07) is 8.64. The van der Waals surface area contributed by atoms with Gasteiger partial charge < -0.3 is 23.9 Å². The molecule has 1 N–H and O–H groups in total. The molecule has 7 nitrogen and oxygen atoms in total. The van der Waals surface area contributed by atoms with Crippen molar-refractivity contribution in [1.29, 1.82) is 0 Å². The highest BCUT2D eigenvalue weighted by Gasteiger charge is 2.13. The Labute approximate surface area is 172 Å². The molecular formula is C21H21ClN2O5. The Morgan fingerprint density at radius 1 is 1.03 bits per heavy atom. The van der Waals surface area contributed by atoms with E-state index in [0.717, 1.165) is 5.56 Å². The van der Waals surface area contributed by atoms with Gasteiger partial charge in [0.2, 0.25) is 0 Å². The molecule has 152 valence electrons. The van der Waals surface area contributed by atoms with E-state index in [4.69, 9.17) is 30.5 Å². The molecule has 0 aliphatic carbocycles. The monoisotopic (exact) mass is 416 g/mol. The summed E-state index contributed by atoms with van der Waals surface area (Å²) in [7, 11) is 4.59. The number of ether oxygens (including phenoxy) is 4. The molecule has 0 unspecified atom stereocenters. The standard InChI is InChI=1S/C21H21ClN2O5/c1-5-29-16-7-6-12(9-17(16)26-2)8-14(22)20-23-15-11-19(28-4)18(27-3)10-13(15)21(25)24-20/h6-11H,5H2,1-4H3,(H,23,24,25)/b14-8-. The lowest BCUT2D eigenvalue weighted by atomic mass is 10.1. The van der Waals surface area contributed by atoms with Crippen LogP contribution in [0.1, 0.15) is 18.3 Å². The van der Waals surface area contributed by atoms with Crippen molar-refractivity contribution in [2.24, 2.45) is 0 Å². The summed E-state index contributed by atoms with van der Waals surface area (Å²) in [5.41, 5.74) is 0.879. The highest BCUT2D eigenvalue weighted by molar-refractivity contribution is 6.50. The van der Waals surface area contributed by atoms with Gasteiger partial charge in [-0.2, -0.15) is 0 Å². The van der Waals surface area contributed by atoms with E-state index in [2.05, 4.69) is 9.97 Å². The van der Waals surface area contributed by atoms with Crippen LogP contribution in [0.4, 0.5) is 0 Å². The van der Waals surface area contributed by atoms with E-state index in [9.17, 15) is 4.79 Å². The van der Waals surface area contributed by atoms with Crippen molar-refractivity contribution in [2.45, 2.75) is 6.92 Å². The first-order valence-electron chi connectivity index (χ1n) is 8.85. The second kappa shape index (κ2) is 8.87. The largest absolute Gasteiger partial charge is 0.493 e. The van der Waals surface area contributed by atoms with Crippen molar-refractivity contribution in [2.75, 3.05) is 27.9 Å². The van der Waals surface area contributed by atoms with Crippen molar-refractivity contribution in [3.8, 4) is 23.0 Å². The van der Waals surface area contributed by atoms with E-state index in [-0.39, 0.29) is 16.4 Å². The number of rotatable bonds is 7. The third kappa shape index (κ3) is 4.30. The Morgan fingerprint density at radius 3 is 2.34 bits per heavy atom. The van der Waals surface area contributed by atoms with Crippen molar-refractivity contribution in [3.63, 3.8) is 0 Å². The first kappa shape index (κ1) is 20.5. The Bertz CT molecular complexity index is 1120. The predicted octanol–water partition coefficient (Wildman–Crippen LogP) is 4.08. The highest BCUT2D eigenvalue weighted by atomic mass is 35.5. The first-order chi connectivity index (χ1) is 14.0. The van der Waals surface area contributed by atoms with Crippen LogP contribution in [0.25, 0.3) is 22.0 Å². The molecule has 1 heterocycles. The Morgan fingerprint density at radius 2 is 1.69 bits per heavy atom. The summed E-state index contributed by atoms with van der Waals surface area (Å²) in [4.78, 5) is 19.7. The molecule has 0 saturated heterocycles. The molecule has 0 fully saturated rings. The highest BCUT2D eigenvalue weighted by Crippen LogP contribution is 2.32. The molecule has 0 atom stereocenters. The van der Waals surface area contributed by atoms with Gasteiger partial charge in [0.15, 0.2) is 28.8 Å². The van der Waals surface area contributed by atoms with Crippen molar-refractivity contribution in [1.82, 2.24) is 9.97 Å². The average Bonchev–Trinajstić information content (AvgIpc) is 2.73. The quantitative estimate of drug-likeness (QED) is 0.624. The molecule has 0 bridgehead atoms. The third-order valence-electron chi connectivity index (χ3n) is 4.22. The van der Waals surface area contributed by atoms with Crippen LogP contribution in [0.15, 0.2) is 35.1 Å². The molecule has 3 aromatic rings. The van der Waals surface area contributed by atoms with Gasteiger partial charge in [-0.25, -0.2) is 4.98 Å². The molecule has 1 aromatic heterocycles. The minimum Gasteiger partial charge on any atom is -0.493 e. The lowest BCUT2D eigenvalue weighted by molar-refractivity contribution is 0.311. The number of fused-ring (bicyclic) bond motifs is 1. The molecule has 0 spiro atoms. The van der Waals surface area contributed by atoms with E-state index < -0.39 is 0 Å². The second-order valence-corrected chi connectivity index (χ2v) is 6.38. The van der Waals surface area contributed by atoms with Crippen LogP contribution < -0.4 is 24.5 Å². The normalized spacial score (nSPS) is 11.4. The number of hydrogen-bond donors (Lipinski definition) is 1. The molecule has 0 aliphatic heterocycles. The zero-order valence-corrected chi connectivity index (χ0v) is 17.3. The van der Waals surface area contributed by atoms with E-state index >= 15 is 0 Å². The van der Waals surface area contributed by atoms with Crippen LogP contribution in [0, 0.1) is 0 Å². The SMILES string of the molecule is CCOc1ccc(/C=C(\Cl)c2nc3cc(OC)c(OC)cc3c(=O)[nH]2)cc1OC. The number of aromatic amines is 1. The summed E-state index contributed by atoms with van der Waals surface area (Å²) in [6.45, 7) is 2.43. The molecule has 0 radical (unpaired) electrons. The predicted molar refractivity (Wildman–Crippen MR) is 113 cm³/mol. The van der Waals surface area contributed by atoms with Crippen molar-refractivity contribution in [3.05, 3.63) is 52.1 Å². The first-order valence-corrected chi connectivity index (χ1v) is 9.23. The number of H-pyrrole nitrogens is 1. The van der Waals surface area contributed by atoms with Gasteiger partial charge in [-0.1, -0.05) is 17.7 Å². The lowest BCUT2D eigenvalue weighted by Crippen LogP contribution is -2.11. The van der Waals surface area contributed by atoms with Crippen LogP contribution >= 0.6 is 11.6 Å². The molecule has 29 heavy (non-hydrogen) atoms. The Kier molecular flexibility index (Phi) is 6.29. The second-order valence-electron chi connectivity index (χ2n) is 5.97. The Hall–Kier alpha value is -3.19. The number of aromatic nitrogens is 2. The van der Waals surface area contributed by atoms with Crippen LogP contribution in [-0.4, -0.2) is 37.9 Å². The van der Waals surface area contributed by atoms with Gasteiger partial charge >= 0.3 is 0 Å². The fraction of sp³-hybridized carbons (Fsp3) is 0.238. The van der Waals surface area contributed by atoms with Crippen LogP contribution in [0.3, 0.4) is 0 Å². The van der Waals surface area contributed by atoms with E-state index in [1.807, 2.05) is 13.0 Å². The fourth-order valence-electron chi connectivity index (χ4n) is 2.84. The summed E-state index contributed by atoms with van der Waals surface area (Å²) < 4.78 is 21.4. The molecule has 0 saturated carbocycles. The molecule has 0 amide bonds. The van der Waals surface area contributed by atoms with Crippen LogP contribution in [-0.2, 0) is 0 Å². The minimum atomic E-state index is -0.332. The molecular weight excluding hydrogens is 396 g/mol. The van der Waals surface area contributed by atoms with Crippen LogP contribution in [0.5, 0.6) is 23.0 Å². The maximum absolute atomic E-state index is 12.5. The lowest BCUT2D eigenvalue weighted by Gasteiger charge is -2.10. The summed E-state index contributed by atoms with van der Waals surface area (Å²) in [5, 5.41) is 0.642. The maximum atomic E-state index is 12.5. The minimum absolute atomic E-state index is 0.240. The summed E-state index contributed by atoms with van der Waals surface area (Å²) in [5.74, 6) is 2.39. The van der Waals surface area contributed by atoms with Crippen LogP contribution in [0.2, 0.25) is 0 Å². The zero-order chi connectivity index (χ0) is 21.0. The smallest absolute Gasteiger partial charge is 0.259 e. The van der Waals surface area contributed by atoms with Gasteiger partial charge in [0.25, 0.3) is 5.56 Å². The topological polar surface area (TPSA) is 82.7 Å². The van der Waals surface area contributed by atoms with Crippen molar-refractivity contribution >= 4 is 33.6 Å². The van der Waals surface area contributed by atoms with Gasteiger partial charge in [-0.3, -0.25) is 4.79 Å². The Balaban J connectivity index is 2.04. The number of methoxy groups -OCH3 is 3. The fourth-order valence-corrected chi connectivity index (χ4v) is 3.06. The molecule has 8 heteroatoms. The molecule has 0 aliphatic rings. The van der Waals surface area contributed by atoms with E-state index in [1.54, 1.807) is 37.5 Å². The van der Waals surface area contributed by atoms with Gasteiger partial charge in [0.1, 0.15) is 0 Å². The number of nitrogens with one attached hydrogen (secondary N) is 1. The van der Waals surface area contributed by atoms with E-state index in [0.29, 0.717) is 40.5 Å². The van der Waals surface area contributed by atoms with Crippen molar-refractivity contribution < 1.29 is 18.9 Å². The molecule has 3 rings (SSSR count). The zero-order valence-electron chi connectivity index (χ0n) is 16.5. The van der Waals surface area contributed by atoms with E-state index in [1.165, 1.54) is 14.2 Å². The van der Waals surface area contributed by atoms with Gasteiger partial charge in [0.05, 0.1) is 43.9 Å². The number of benzene rings is 2. The molecule has 2 aromatic carbocycles. The number of halogens is 1. The number of hydrogen-bond acceptors (Lipinski definition) is 6. The summed E-state index contributed by atoms with van der Waals surface area (Å²) >= 11 is 6.44. The van der Waals surface area contributed by atoms with Gasteiger partial charge in [-0.05, 0) is 36.8 Å². The average molecular weight is 417 g/mol. The van der Waals surface area contributed by atoms with Gasteiger partial charge in [0, 0.05) is 6.07 Å². The maximum Gasteiger partial charge on any atom is 0.259 e. The third-order valence-corrected chi connectivity index (χ3v) is 4.51. The summed E-state index contributed by atoms with van der Waals surface area (Å²) in [6.07, 6.45) is 1.69. The number of nitrogens with zero attached hydrogens (tertiary/aromatic N) is 1.